The zero-order valence-corrected chi connectivity index (χ0v) is 14.5. The molecular weight excluding hydrogens is 421 g/mol. The van der Waals surface area contributed by atoms with Crippen LogP contribution in [0.4, 0.5) is 8.78 Å². The highest BCUT2D eigenvalue weighted by Gasteiger charge is 2.28. The summed E-state index contributed by atoms with van der Waals surface area (Å²) in [5.74, 6) is -1.62. The van der Waals surface area contributed by atoms with Crippen LogP contribution >= 0.6 is 22.6 Å². The van der Waals surface area contributed by atoms with Gasteiger partial charge in [-0.3, -0.25) is 4.79 Å². The van der Waals surface area contributed by atoms with Gasteiger partial charge in [-0.05, 0) is 48.3 Å². The number of H-pyrrole nitrogens is 1. The zero-order valence-electron chi connectivity index (χ0n) is 12.4. The van der Waals surface area contributed by atoms with Crippen LogP contribution in [-0.4, -0.2) is 29.2 Å². The molecule has 8 heteroatoms. The van der Waals surface area contributed by atoms with E-state index in [-0.39, 0.29) is 38.6 Å². The van der Waals surface area contributed by atoms with Crippen molar-refractivity contribution in [2.45, 2.75) is 31.8 Å². The van der Waals surface area contributed by atoms with E-state index in [2.05, 4.69) is 9.97 Å². The Morgan fingerprint density at radius 2 is 2.04 bits per heavy atom. The minimum absolute atomic E-state index is 0.0639. The third kappa shape index (κ3) is 3.26. The summed E-state index contributed by atoms with van der Waals surface area (Å²) in [6.45, 7) is 0. The first-order valence-corrected chi connectivity index (χ1v) is 8.35. The molecule has 0 unspecified atom stereocenters. The monoisotopic (exact) mass is 436 g/mol. The van der Waals surface area contributed by atoms with Gasteiger partial charge in [-0.25, -0.2) is 8.78 Å². The number of aromatic amines is 1. The number of rotatable bonds is 3. The molecule has 1 heterocycles. The van der Waals surface area contributed by atoms with Crippen LogP contribution in [0.25, 0.3) is 11.0 Å². The normalized spacial score (nSPS) is 21.4. The number of carbonyl (C=O) groups is 1. The molecule has 0 aliphatic heterocycles. The van der Waals surface area contributed by atoms with Gasteiger partial charge in [0.2, 0.25) is 0 Å². The molecule has 124 valence electrons. The van der Waals surface area contributed by atoms with Gasteiger partial charge in [-0.2, -0.15) is 4.98 Å². The number of halogens is 3. The second kappa shape index (κ2) is 6.58. The van der Waals surface area contributed by atoms with Gasteiger partial charge in [0, 0.05) is 6.07 Å². The molecule has 1 aliphatic rings. The Hall–Kier alpha value is -1.45. The van der Waals surface area contributed by atoms with Crippen molar-refractivity contribution in [3.63, 3.8) is 0 Å². The maximum atomic E-state index is 14.0. The molecule has 1 aromatic carbocycles. The Morgan fingerprint density at radius 3 is 2.70 bits per heavy atom. The highest BCUT2D eigenvalue weighted by molar-refractivity contribution is 14.1. The van der Waals surface area contributed by atoms with Gasteiger partial charge in [0.15, 0.2) is 5.82 Å². The fourth-order valence-electron chi connectivity index (χ4n) is 2.83. The summed E-state index contributed by atoms with van der Waals surface area (Å²) >= 11 is 1.60. The molecule has 23 heavy (non-hydrogen) atoms. The topological polar surface area (TPSA) is 64.2 Å². The fourth-order valence-corrected chi connectivity index (χ4v) is 3.24. The molecule has 0 amide bonds. The molecular formula is C15H15F2IN2O3. The Balaban J connectivity index is 1.71. The number of methoxy groups -OCH3 is 1. The van der Waals surface area contributed by atoms with Crippen molar-refractivity contribution in [2.75, 3.05) is 7.11 Å². The van der Waals surface area contributed by atoms with E-state index in [1.165, 1.54) is 13.2 Å². The van der Waals surface area contributed by atoms with Crippen molar-refractivity contribution in [3.8, 4) is 6.01 Å². The third-order valence-corrected chi connectivity index (χ3v) is 5.07. The van der Waals surface area contributed by atoms with Gasteiger partial charge < -0.3 is 14.5 Å². The first kappa shape index (κ1) is 16.4. The molecule has 1 aliphatic carbocycles. The number of hydrogen-bond donors (Lipinski definition) is 1. The molecule has 0 saturated heterocycles. The third-order valence-electron chi connectivity index (χ3n) is 4.08. The maximum Gasteiger partial charge on any atom is 0.308 e. The van der Waals surface area contributed by atoms with Gasteiger partial charge in [0.25, 0.3) is 6.01 Å². The van der Waals surface area contributed by atoms with Crippen LogP contribution in [0.1, 0.15) is 25.7 Å². The molecule has 1 fully saturated rings. The molecule has 5 nitrogen and oxygen atoms in total. The van der Waals surface area contributed by atoms with Crippen molar-refractivity contribution in [2.24, 2.45) is 5.92 Å². The molecule has 0 bridgehead atoms. The number of benzene rings is 1. The molecule has 0 atom stereocenters. The summed E-state index contributed by atoms with van der Waals surface area (Å²) in [6, 6.07) is 1.37. The van der Waals surface area contributed by atoms with Crippen LogP contribution in [0.3, 0.4) is 0 Å². The van der Waals surface area contributed by atoms with Crippen LogP contribution in [0.5, 0.6) is 6.01 Å². The van der Waals surface area contributed by atoms with E-state index < -0.39 is 11.6 Å². The van der Waals surface area contributed by atoms with Crippen LogP contribution in [-0.2, 0) is 9.53 Å². The van der Waals surface area contributed by atoms with Gasteiger partial charge in [-0.15, -0.1) is 0 Å². The van der Waals surface area contributed by atoms with Crippen molar-refractivity contribution in [1.82, 2.24) is 9.97 Å². The quantitative estimate of drug-likeness (QED) is 0.454. The van der Waals surface area contributed by atoms with E-state index in [1.807, 2.05) is 0 Å². The van der Waals surface area contributed by atoms with Gasteiger partial charge >= 0.3 is 5.97 Å². The molecule has 3 rings (SSSR count). The molecule has 0 radical (unpaired) electrons. The Morgan fingerprint density at radius 1 is 1.35 bits per heavy atom. The standard InChI is InChI=1S/C15H15F2IN2O3/c1-22-14(21)7-2-4-8(5-3-7)23-15-19-10-6-9(16)12(18)11(17)13(10)20-15/h6-8H,2-5H2,1H3,(H,19,20). The largest absolute Gasteiger partial charge is 0.469 e. The van der Waals surface area contributed by atoms with Crippen molar-refractivity contribution >= 4 is 39.6 Å². The number of carbonyl (C=O) groups excluding carboxylic acids is 1. The number of esters is 1. The summed E-state index contributed by atoms with van der Waals surface area (Å²) in [7, 11) is 1.38. The molecule has 1 saturated carbocycles. The summed E-state index contributed by atoms with van der Waals surface area (Å²) in [5.41, 5.74) is 0.327. The van der Waals surface area contributed by atoms with E-state index in [0.717, 1.165) is 0 Å². The van der Waals surface area contributed by atoms with Gasteiger partial charge in [0.1, 0.15) is 17.4 Å². The highest BCUT2D eigenvalue weighted by Crippen LogP contribution is 2.30. The number of imidazole rings is 1. The lowest BCUT2D eigenvalue weighted by atomic mass is 9.87. The highest BCUT2D eigenvalue weighted by atomic mass is 127. The van der Waals surface area contributed by atoms with Crippen molar-refractivity contribution in [3.05, 3.63) is 21.3 Å². The van der Waals surface area contributed by atoms with Gasteiger partial charge in [0.05, 0.1) is 22.1 Å². The lowest BCUT2D eigenvalue weighted by molar-refractivity contribution is -0.147. The Labute approximate surface area is 144 Å². The van der Waals surface area contributed by atoms with Crippen LogP contribution in [0.15, 0.2) is 6.07 Å². The number of aromatic nitrogens is 2. The smallest absolute Gasteiger partial charge is 0.308 e. The second-order valence-corrected chi connectivity index (χ2v) is 6.62. The lowest BCUT2D eigenvalue weighted by Gasteiger charge is -2.26. The molecule has 2 aromatic rings. The Bertz CT molecular complexity index is 742. The average molecular weight is 436 g/mol. The van der Waals surface area contributed by atoms with Crippen LogP contribution in [0.2, 0.25) is 0 Å². The number of fused-ring (bicyclic) bond motifs is 1. The first-order valence-electron chi connectivity index (χ1n) is 7.27. The van der Waals surface area contributed by atoms with E-state index in [9.17, 15) is 13.6 Å². The number of ether oxygens (including phenoxy) is 2. The minimum Gasteiger partial charge on any atom is -0.469 e. The van der Waals surface area contributed by atoms with E-state index in [1.54, 1.807) is 22.6 Å². The number of nitrogens with one attached hydrogen (secondary N) is 1. The van der Waals surface area contributed by atoms with Crippen LogP contribution < -0.4 is 4.74 Å². The van der Waals surface area contributed by atoms with Crippen molar-refractivity contribution in [1.29, 1.82) is 0 Å². The number of hydrogen-bond acceptors (Lipinski definition) is 4. The Kier molecular flexibility index (Phi) is 4.69. The summed E-state index contributed by atoms with van der Waals surface area (Å²) in [5, 5.41) is 0. The molecule has 0 spiro atoms. The zero-order chi connectivity index (χ0) is 16.6. The SMILES string of the molecule is COC(=O)C1CCC(Oc2nc3c(F)c(I)c(F)cc3[nH]2)CC1. The summed E-state index contributed by atoms with van der Waals surface area (Å²) in [6.07, 6.45) is 2.62. The predicted octanol–water partition coefficient (Wildman–Crippen LogP) is 3.56. The van der Waals surface area contributed by atoms with E-state index >= 15 is 0 Å². The summed E-state index contributed by atoms with van der Waals surface area (Å²) in [4.78, 5) is 18.3. The summed E-state index contributed by atoms with van der Waals surface area (Å²) < 4.78 is 37.9. The molecule has 1 N–H and O–H groups in total. The predicted molar refractivity (Wildman–Crippen MR) is 87.1 cm³/mol. The van der Waals surface area contributed by atoms with Crippen LogP contribution in [0, 0.1) is 21.1 Å². The van der Waals surface area contributed by atoms with E-state index in [0.29, 0.717) is 25.7 Å². The molecule has 1 aromatic heterocycles. The first-order chi connectivity index (χ1) is 11.0. The fraction of sp³-hybridized carbons (Fsp3) is 0.467. The minimum atomic E-state index is -0.693. The lowest BCUT2D eigenvalue weighted by Crippen LogP contribution is -2.28. The number of nitrogens with zero attached hydrogens (tertiary/aromatic N) is 1. The van der Waals surface area contributed by atoms with Gasteiger partial charge in [-0.1, -0.05) is 0 Å². The van der Waals surface area contributed by atoms with Crippen molar-refractivity contribution < 1.29 is 23.0 Å². The maximum absolute atomic E-state index is 14.0. The van der Waals surface area contributed by atoms with E-state index in [4.69, 9.17) is 9.47 Å². The second-order valence-electron chi connectivity index (χ2n) is 5.54. The average Bonchev–Trinajstić information content (AvgIpc) is 2.95.